The summed E-state index contributed by atoms with van der Waals surface area (Å²) in [6.07, 6.45) is 2.92. The van der Waals surface area contributed by atoms with Gasteiger partial charge in [0.15, 0.2) is 0 Å². The molecule has 0 atom stereocenters. The highest BCUT2D eigenvalue weighted by molar-refractivity contribution is 5.85. The molecule has 2 rings (SSSR count). The average molecular weight is 359 g/mol. The molecule has 0 saturated carbocycles. The second kappa shape index (κ2) is 10.2. The lowest BCUT2D eigenvalue weighted by molar-refractivity contribution is 0.0897. The molecule has 0 aromatic heterocycles. The predicted octanol–water partition coefficient (Wildman–Crippen LogP) is 4.34. The summed E-state index contributed by atoms with van der Waals surface area (Å²) in [6.45, 7) is 0.353. The maximum absolute atomic E-state index is 11.9. The van der Waals surface area contributed by atoms with E-state index in [1.165, 1.54) is 7.05 Å². The van der Waals surface area contributed by atoms with Crippen LogP contribution in [0.15, 0.2) is 48.5 Å². The van der Waals surface area contributed by atoms with Crippen LogP contribution in [-0.4, -0.2) is 44.7 Å². The van der Waals surface area contributed by atoms with Crippen LogP contribution >= 0.6 is 0 Å². The van der Waals surface area contributed by atoms with Gasteiger partial charge in [-0.1, -0.05) is 36.4 Å². The zero-order valence-electron chi connectivity index (χ0n) is 14.6. The van der Waals surface area contributed by atoms with Crippen molar-refractivity contribution in [3.63, 3.8) is 0 Å². The van der Waals surface area contributed by atoms with Crippen molar-refractivity contribution in [3.05, 3.63) is 59.7 Å². The number of rotatable bonds is 9. The first-order chi connectivity index (χ1) is 12.6. The molecular weight excluding hydrogens is 337 g/mol. The van der Waals surface area contributed by atoms with E-state index in [-0.39, 0.29) is 6.61 Å². The lowest BCUT2D eigenvalue weighted by atomic mass is 10.1. The molecule has 0 unspecified atom stereocenters. The molecule has 5 nitrogen and oxygen atoms in total. The summed E-state index contributed by atoms with van der Waals surface area (Å²) in [6, 6.07) is 14.8. The number of amides is 1. The van der Waals surface area contributed by atoms with Crippen LogP contribution in [0.4, 0.5) is 14.9 Å². The fourth-order valence-corrected chi connectivity index (χ4v) is 2.16. The van der Waals surface area contributed by atoms with Gasteiger partial charge in [0, 0.05) is 12.7 Å². The number of hydrogen-bond acceptors (Lipinski definition) is 3. The van der Waals surface area contributed by atoms with Gasteiger partial charge in [0.1, 0.15) is 19.0 Å². The monoisotopic (exact) mass is 359 g/mol. The highest BCUT2D eigenvalue weighted by Crippen LogP contribution is 2.17. The number of anilines is 1. The number of hydrogen-bond donors (Lipinski definition) is 1. The molecule has 1 N–H and O–H groups in total. The molecule has 0 radical (unpaired) electrons. The standard InChI is InChI=1S/C20H22FNO4/c1-22(20(23)24)18-8-4-16(5-9-18)2-3-17-6-10-19(11-7-17)26-15-14-25-13-12-21/h2-11H,12-15H2,1H3,(H,23,24). The Hall–Kier alpha value is -2.86. The number of benzene rings is 2. The van der Waals surface area contributed by atoms with Crippen LogP contribution in [0, 0.1) is 0 Å². The van der Waals surface area contributed by atoms with Gasteiger partial charge in [-0.2, -0.15) is 0 Å². The Morgan fingerprint density at radius 2 is 1.58 bits per heavy atom. The molecule has 138 valence electrons. The van der Waals surface area contributed by atoms with Crippen LogP contribution in [0.1, 0.15) is 11.1 Å². The van der Waals surface area contributed by atoms with Crippen molar-refractivity contribution < 1.29 is 23.8 Å². The number of alkyl halides is 1. The van der Waals surface area contributed by atoms with Gasteiger partial charge in [-0.25, -0.2) is 9.18 Å². The Morgan fingerprint density at radius 3 is 2.12 bits per heavy atom. The van der Waals surface area contributed by atoms with E-state index in [1.807, 2.05) is 48.6 Å². The molecule has 0 saturated heterocycles. The van der Waals surface area contributed by atoms with E-state index in [2.05, 4.69) is 0 Å². The molecule has 0 aliphatic carbocycles. The molecule has 2 aromatic rings. The van der Waals surface area contributed by atoms with Gasteiger partial charge in [0.2, 0.25) is 0 Å². The lowest BCUT2D eigenvalue weighted by Crippen LogP contribution is -2.23. The highest BCUT2D eigenvalue weighted by Gasteiger charge is 2.06. The topological polar surface area (TPSA) is 59.0 Å². The van der Waals surface area contributed by atoms with E-state index in [9.17, 15) is 9.18 Å². The highest BCUT2D eigenvalue weighted by atomic mass is 19.1. The van der Waals surface area contributed by atoms with Crippen LogP contribution in [-0.2, 0) is 4.74 Å². The van der Waals surface area contributed by atoms with Crippen LogP contribution < -0.4 is 9.64 Å². The van der Waals surface area contributed by atoms with Gasteiger partial charge in [-0.3, -0.25) is 4.90 Å². The summed E-state index contributed by atoms with van der Waals surface area (Å²) in [5.41, 5.74) is 2.60. The predicted molar refractivity (Wildman–Crippen MR) is 101 cm³/mol. The summed E-state index contributed by atoms with van der Waals surface area (Å²) in [5.74, 6) is 0.729. The Balaban J connectivity index is 1.87. The van der Waals surface area contributed by atoms with Gasteiger partial charge in [0.05, 0.1) is 13.2 Å². The smallest absolute Gasteiger partial charge is 0.411 e. The van der Waals surface area contributed by atoms with Crippen molar-refractivity contribution in [3.8, 4) is 5.75 Å². The van der Waals surface area contributed by atoms with E-state index in [1.54, 1.807) is 12.1 Å². The summed E-state index contributed by atoms with van der Waals surface area (Å²) >= 11 is 0. The van der Waals surface area contributed by atoms with Crippen molar-refractivity contribution in [1.29, 1.82) is 0 Å². The van der Waals surface area contributed by atoms with E-state index in [0.29, 0.717) is 18.9 Å². The molecule has 0 bridgehead atoms. The molecule has 0 heterocycles. The normalized spacial score (nSPS) is 10.8. The number of carbonyl (C=O) groups is 1. The second-order valence-electron chi connectivity index (χ2n) is 5.49. The Morgan fingerprint density at radius 1 is 1.00 bits per heavy atom. The van der Waals surface area contributed by atoms with Gasteiger partial charge in [-0.15, -0.1) is 0 Å². The molecule has 0 aliphatic rings. The quantitative estimate of drug-likeness (QED) is 0.535. The molecule has 2 aromatic carbocycles. The van der Waals surface area contributed by atoms with Crippen molar-refractivity contribution in [2.75, 3.05) is 38.4 Å². The third-order valence-corrected chi connectivity index (χ3v) is 3.63. The first-order valence-corrected chi connectivity index (χ1v) is 8.21. The first kappa shape index (κ1) is 19.5. The lowest BCUT2D eigenvalue weighted by Gasteiger charge is -2.12. The summed E-state index contributed by atoms with van der Waals surface area (Å²) < 4.78 is 22.4. The van der Waals surface area contributed by atoms with Gasteiger partial charge >= 0.3 is 6.09 Å². The third kappa shape index (κ3) is 6.22. The number of halogens is 1. The first-order valence-electron chi connectivity index (χ1n) is 8.21. The summed E-state index contributed by atoms with van der Waals surface area (Å²) in [5, 5.41) is 8.95. The Bertz CT molecular complexity index is 714. The molecule has 1 amide bonds. The number of nitrogens with zero attached hydrogens (tertiary/aromatic N) is 1. The van der Waals surface area contributed by atoms with Gasteiger partial charge in [-0.05, 0) is 35.4 Å². The van der Waals surface area contributed by atoms with E-state index in [0.717, 1.165) is 21.8 Å². The van der Waals surface area contributed by atoms with Crippen LogP contribution in [0.3, 0.4) is 0 Å². The zero-order valence-corrected chi connectivity index (χ0v) is 14.6. The van der Waals surface area contributed by atoms with Crippen LogP contribution in [0.5, 0.6) is 5.75 Å². The van der Waals surface area contributed by atoms with E-state index in [4.69, 9.17) is 14.6 Å². The average Bonchev–Trinajstić information content (AvgIpc) is 2.67. The molecule has 0 fully saturated rings. The van der Waals surface area contributed by atoms with E-state index >= 15 is 0 Å². The minimum Gasteiger partial charge on any atom is -0.491 e. The fourth-order valence-electron chi connectivity index (χ4n) is 2.16. The second-order valence-corrected chi connectivity index (χ2v) is 5.49. The largest absolute Gasteiger partial charge is 0.491 e. The third-order valence-electron chi connectivity index (χ3n) is 3.63. The summed E-state index contributed by atoms with van der Waals surface area (Å²) in [7, 11) is 1.50. The SMILES string of the molecule is CN(C(=O)O)c1ccc(C=Cc2ccc(OCCOCCF)cc2)cc1. The van der Waals surface area contributed by atoms with Crippen molar-refractivity contribution in [2.24, 2.45) is 0 Å². The minimum atomic E-state index is -0.996. The Labute approximate surface area is 152 Å². The molecule has 6 heteroatoms. The number of carboxylic acid groups (broad SMARTS) is 1. The maximum atomic E-state index is 11.9. The molecule has 26 heavy (non-hydrogen) atoms. The molecule has 0 spiro atoms. The fraction of sp³-hybridized carbons (Fsp3) is 0.250. The van der Waals surface area contributed by atoms with Crippen LogP contribution in [0.25, 0.3) is 12.2 Å². The summed E-state index contributed by atoms with van der Waals surface area (Å²) in [4.78, 5) is 12.1. The van der Waals surface area contributed by atoms with Gasteiger partial charge in [0.25, 0.3) is 0 Å². The molecule has 0 aliphatic heterocycles. The van der Waals surface area contributed by atoms with E-state index < -0.39 is 12.8 Å². The van der Waals surface area contributed by atoms with Crippen molar-refractivity contribution in [2.45, 2.75) is 0 Å². The maximum Gasteiger partial charge on any atom is 0.411 e. The Kier molecular flexibility index (Phi) is 7.64. The van der Waals surface area contributed by atoms with Crippen LogP contribution in [0.2, 0.25) is 0 Å². The number of ether oxygens (including phenoxy) is 2. The van der Waals surface area contributed by atoms with Gasteiger partial charge < -0.3 is 14.6 Å². The van der Waals surface area contributed by atoms with Crippen molar-refractivity contribution in [1.82, 2.24) is 0 Å². The minimum absolute atomic E-state index is 0.0979. The van der Waals surface area contributed by atoms with Crippen molar-refractivity contribution >= 4 is 23.9 Å². The zero-order chi connectivity index (χ0) is 18.8. The molecular formula is C20H22FNO4.